The Balaban J connectivity index is 2.36. The summed E-state index contributed by atoms with van der Waals surface area (Å²) in [6.07, 6.45) is 0.901. The summed E-state index contributed by atoms with van der Waals surface area (Å²) in [5, 5.41) is 9.41. The molecule has 112 valence electrons. The molecule has 1 aliphatic heterocycles. The van der Waals surface area contributed by atoms with Crippen molar-refractivity contribution in [2.45, 2.75) is 43.2 Å². The van der Waals surface area contributed by atoms with Gasteiger partial charge >= 0.3 is 0 Å². The number of hydrogen-bond acceptors (Lipinski definition) is 3. The molecule has 0 amide bonds. The van der Waals surface area contributed by atoms with E-state index in [9.17, 15) is 22.3 Å². The molecule has 4 nitrogen and oxygen atoms in total. The highest BCUT2D eigenvalue weighted by Crippen LogP contribution is 2.30. The van der Waals surface area contributed by atoms with Gasteiger partial charge in [-0.05, 0) is 44.4 Å². The third-order valence-corrected chi connectivity index (χ3v) is 5.38. The number of halogens is 2. The van der Waals surface area contributed by atoms with Crippen LogP contribution >= 0.6 is 0 Å². The van der Waals surface area contributed by atoms with E-state index in [-0.39, 0.29) is 19.0 Å². The molecule has 7 heteroatoms. The number of rotatable bonds is 4. The predicted octanol–water partition coefficient (Wildman–Crippen LogP) is 1.89. The van der Waals surface area contributed by atoms with Crippen molar-refractivity contribution in [3.05, 3.63) is 29.8 Å². The first kappa shape index (κ1) is 15.3. The van der Waals surface area contributed by atoms with Gasteiger partial charge in [-0.15, -0.1) is 0 Å². The molecule has 0 saturated carbocycles. The number of benzene rings is 1. The van der Waals surface area contributed by atoms with Crippen LogP contribution in [0.4, 0.5) is 8.78 Å². The van der Waals surface area contributed by atoms with E-state index in [1.807, 2.05) is 0 Å². The zero-order valence-electron chi connectivity index (χ0n) is 11.1. The van der Waals surface area contributed by atoms with Crippen LogP contribution in [0.25, 0.3) is 0 Å². The zero-order valence-corrected chi connectivity index (χ0v) is 11.9. The number of aliphatic hydroxyl groups excluding tert-OH is 1. The molecule has 1 fully saturated rings. The fraction of sp³-hybridized carbons (Fsp3) is 0.538. The lowest BCUT2D eigenvalue weighted by atomic mass is 10.1. The van der Waals surface area contributed by atoms with E-state index in [4.69, 9.17) is 0 Å². The molecule has 2 atom stereocenters. The molecule has 2 rings (SSSR count). The Morgan fingerprint density at radius 3 is 2.80 bits per heavy atom. The maximum atomic E-state index is 13.7. The van der Waals surface area contributed by atoms with Gasteiger partial charge in [0.15, 0.2) is 0 Å². The summed E-state index contributed by atoms with van der Waals surface area (Å²) in [5.74, 6) is -1.76. The van der Waals surface area contributed by atoms with E-state index in [1.54, 1.807) is 6.92 Å². The fourth-order valence-electron chi connectivity index (χ4n) is 2.56. The summed E-state index contributed by atoms with van der Waals surface area (Å²) >= 11 is 0. The Labute approximate surface area is 117 Å². The van der Waals surface area contributed by atoms with Gasteiger partial charge in [-0.2, -0.15) is 4.31 Å². The first-order chi connectivity index (χ1) is 9.32. The van der Waals surface area contributed by atoms with E-state index < -0.39 is 32.7 Å². The molecular formula is C13H17F2NO3S. The van der Waals surface area contributed by atoms with E-state index >= 15 is 0 Å². The quantitative estimate of drug-likeness (QED) is 0.924. The second-order valence-electron chi connectivity index (χ2n) is 5.07. The predicted molar refractivity (Wildman–Crippen MR) is 69.6 cm³/mol. The molecule has 1 aromatic carbocycles. The van der Waals surface area contributed by atoms with Crippen LogP contribution in [-0.4, -0.2) is 36.5 Å². The van der Waals surface area contributed by atoms with Gasteiger partial charge in [-0.25, -0.2) is 17.2 Å². The first-order valence-electron chi connectivity index (χ1n) is 6.47. The van der Waals surface area contributed by atoms with Crippen LogP contribution in [-0.2, 0) is 10.0 Å². The summed E-state index contributed by atoms with van der Waals surface area (Å²) in [6, 6.07) is 2.01. The Kier molecular flexibility index (Phi) is 4.41. The minimum absolute atomic E-state index is 0.260. The number of nitrogens with zero attached hydrogens (tertiary/aromatic N) is 1. The van der Waals surface area contributed by atoms with Crippen LogP contribution < -0.4 is 0 Å². The molecule has 0 radical (unpaired) electrons. The van der Waals surface area contributed by atoms with Crippen LogP contribution in [0.3, 0.4) is 0 Å². The highest BCUT2D eigenvalue weighted by Gasteiger charge is 2.37. The van der Waals surface area contributed by atoms with Gasteiger partial charge in [0, 0.05) is 12.6 Å². The van der Waals surface area contributed by atoms with Crippen molar-refractivity contribution >= 4 is 10.0 Å². The van der Waals surface area contributed by atoms with E-state index in [2.05, 4.69) is 0 Å². The Bertz CT molecular complexity index is 589. The lowest BCUT2D eigenvalue weighted by Crippen LogP contribution is -2.37. The number of sulfonamides is 1. The second kappa shape index (κ2) is 5.75. The average Bonchev–Trinajstić information content (AvgIpc) is 2.80. The lowest BCUT2D eigenvalue weighted by molar-refractivity contribution is 0.157. The Morgan fingerprint density at radius 1 is 1.45 bits per heavy atom. The summed E-state index contributed by atoms with van der Waals surface area (Å²) in [7, 11) is -4.08. The van der Waals surface area contributed by atoms with Crippen LogP contribution in [0, 0.1) is 11.6 Å². The van der Waals surface area contributed by atoms with Crippen molar-refractivity contribution in [2.75, 3.05) is 6.54 Å². The molecule has 1 saturated heterocycles. The van der Waals surface area contributed by atoms with Crippen LogP contribution in [0.15, 0.2) is 23.1 Å². The molecule has 1 N–H and O–H groups in total. The Morgan fingerprint density at radius 2 is 2.15 bits per heavy atom. The number of aliphatic hydroxyl groups is 1. The molecule has 0 aromatic heterocycles. The third kappa shape index (κ3) is 2.99. The highest BCUT2D eigenvalue weighted by molar-refractivity contribution is 7.89. The van der Waals surface area contributed by atoms with Gasteiger partial charge in [0.2, 0.25) is 10.0 Å². The highest BCUT2D eigenvalue weighted by atomic mass is 32.2. The molecule has 1 aromatic rings. The normalized spacial score (nSPS) is 22.1. The van der Waals surface area contributed by atoms with E-state index in [1.165, 1.54) is 0 Å². The van der Waals surface area contributed by atoms with Crippen LogP contribution in [0.1, 0.15) is 26.2 Å². The van der Waals surface area contributed by atoms with Gasteiger partial charge in [-0.1, -0.05) is 0 Å². The fourth-order valence-corrected chi connectivity index (χ4v) is 4.34. The third-order valence-electron chi connectivity index (χ3n) is 3.42. The summed E-state index contributed by atoms with van der Waals surface area (Å²) in [4.78, 5) is -0.644. The summed E-state index contributed by atoms with van der Waals surface area (Å²) < 4.78 is 52.9. The molecule has 0 aliphatic carbocycles. The molecule has 0 spiro atoms. The van der Waals surface area contributed by atoms with Crippen molar-refractivity contribution in [1.82, 2.24) is 4.31 Å². The summed E-state index contributed by atoms with van der Waals surface area (Å²) in [5.41, 5.74) is 0. The summed E-state index contributed by atoms with van der Waals surface area (Å²) in [6.45, 7) is 1.83. The molecule has 20 heavy (non-hydrogen) atoms. The van der Waals surface area contributed by atoms with Gasteiger partial charge in [0.1, 0.15) is 16.5 Å². The molecule has 0 bridgehead atoms. The standard InChI is InChI=1S/C13H17F2NO3S/c1-9(17)7-11-3-2-6-16(11)20(18,19)13-8-10(14)4-5-12(13)15/h4-5,8-9,11,17H,2-3,6-7H2,1H3. The minimum atomic E-state index is -4.08. The maximum Gasteiger partial charge on any atom is 0.246 e. The average molecular weight is 305 g/mol. The van der Waals surface area contributed by atoms with Crippen molar-refractivity contribution in [1.29, 1.82) is 0 Å². The van der Waals surface area contributed by atoms with Gasteiger partial charge in [-0.3, -0.25) is 0 Å². The maximum absolute atomic E-state index is 13.7. The van der Waals surface area contributed by atoms with Crippen molar-refractivity contribution in [3.8, 4) is 0 Å². The van der Waals surface area contributed by atoms with Crippen molar-refractivity contribution in [2.24, 2.45) is 0 Å². The molecule has 2 unspecified atom stereocenters. The van der Waals surface area contributed by atoms with Crippen LogP contribution in [0.5, 0.6) is 0 Å². The Hall–Kier alpha value is -1.05. The monoisotopic (exact) mass is 305 g/mol. The van der Waals surface area contributed by atoms with Gasteiger partial charge in [0.25, 0.3) is 0 Å². The lowest BCUT2D eigenvalue weighted by Gasteiger charge is -2.25. The largest absolute Gasteiger partial charge is 0.393 e. The molecule has 1 aliphatic rings. The van der Waals surface area contributed by atoms with Crippen molar-refractivity contribution < 1.29 is 22.3 Å². The zero-order chi connectivity index (χ0) is 14.9. The van der Waals surface area contributed by atoms with Crippen molar-refractivity contribution in [3.63, 3.8) is 0 Å². The molecular weight excluding hydrogens is 288 g/mol. The minimum Gasteiger partial charge on any atom is -0.393 e. The van der Waals surface area contributed by atoms with E-state index in [0.717, 1.165) is 16.4 Å². The smallest absolute Gasteiger partial charge is 0.246 e. The first-order valence-corrected chi connectivity index (χ1v) is 7.91. The second-order valence-corrected chi connectivity index (χ2v) is 6.93. The SMILES string of the molecule is CC(O)CC1CCCN1S(=O)(=O)c1cc(F)ccc1F. The van der Waals surface area contributed by atoms with Gasteiger partial charge < -0.3 is 5.11 Å². The van der Waals surface area contributed by atoms with Crippen LogP contribution in [0.2, 0.25) is 0 Å². The van der Waals surface area contributed by atoms with Gasteiger partial charge in [0.05, 0.1) is 6.10 Å². The topological polar surface area (TPSA) is 57.6 Å². The van der Waals surface area contributed by atoms with E-state index in [0.29, 0.717) is 18.9 Å². The molecule has 1 heterocycles. The number of hydrogen-bond donors (Lipinski definition) is 1.